The molecule has 0 spiro atoms. The highest BCUT2D eigenvalue weighted by Gasteiger charge is 2.23. The third kappa shape index (κ3) is 4.32. The summed E-state index contributed by atoms with van der Waals surface area (Å²) in [7, 11) is 4.00. The minimum absolute atomic E-state index is 0.222. The molecule has 2 rings (SSSR count). The van der Waals surface area contributed by atoms with Gasteiger partial charge in [0.05, 0.1) is 13.1 Å². The molecule has 4 heteroatoms. The van der Waals surface area contributed by atoms with Gasteiger partial charge >= 0.3 is 0 Å². The van der Waals surface area contributed by atoms with Gasteiger partial charge in [-0.05, 0) is 50.1 Å². The topological polar surface area (TPSA) is 23.6 Å². The van der Waals surface area contributed by atoms with Crippen LogP contribution in [0.15, 0.2) is 17.5 Å². The zero-order chi connectivity index (χ0) is 14.5. The van der Waals surface area contributed by atoms with Gasteiger partial charge in [0.1, 0.15) is 0 Å². The van der Waals surface area contributed by atoms with Gasteiger partial charge in [-0.15, -0.1) is 11.3 Å². The van der Waals surface area contributed by atoms with E-state index in [1.54, 1.807) is 11.3 Å². The second-order valence-electron chi connectivity index (χ2n) is 6.16. The fourth-order valence-corrected chi connectivity index (χ4v) is 3.63. The Hall–Kier alpha value is -0.870. The summed E-state index contributed by atoms with van der Waals surface area (Å²) in [6, 6.07) is 4.71. The van der Waals surface area contributed by atoms with Crippen molar-refractivity contribution in [3.05, 3.63) is 22.4 Å². The molecule has 1 saturated carbocycles. The number of amides is 1. The number of nitrogens with zero attached hydrogens (tertiary/aromatic N) is 2. The number of carbonyl (C=O) groups is 1. The highest BCUT2D eigenvalue weighted by atomic mass is 32.1. The van der Waals surface area contributed by atoms with Crippen LogP contribution in [0.3, 0.4) is 0 Å². The van der Waals surface area contributed by atoms with Crippen LogP contribution in [0.5, 0.6) is 0 Å². The maximum Gasteiger partial charge on any atom is 0.236 e. The highest BCUT2D eigenvalue weighted by molar-refractivity contribution is 7.09. The van der Waals surface area contributed by atoms with Crippen molar-refractivity contribution in [2.45, 2.75) is 45.2 Å². The van der Waals surface area contributed by atoms with Crippen LogP contribution in [0.25, 0.3) is 0 Å². The SMILES string of the molecule is CC1CCC(N(C)CC(=O)N(C)Cc2cccs2)CC1. The van der Waals surface area contributed by atoms with Crippen molar-refractivity contribution in [2.24, 2.45) is 5.92 Å². The smallest absolute Gasteiger partial charge is 0.236 e. The minimum Gasteiger partial charge on any atom is -0.340 e. The molecule has 3 nitrogen and oxygen atoms in total. The van der Waals surface area contributed by atoms with Crippen LogP contribution in [-0.2, 0) is 11.3 Å². The third-order valence-corrected chi connectivity index (χ3v) is 5.25. The van der Waals surface area contributed by atoms with Crippen LogP contribution in [0, 0.1) is 5.92 Å². The summed E-state index contributed by atoms with van der Waals surface area (Å²) in [6.07, 6.45) is 5.07. The van der Waals surface area contributed by atoms with Crippen LogP contribution in [0.1, 0.15) is 37.5 Å². The Morgan fingerprint density at radius 1 is 1.30 bits per heavy atom. The Morgan fingerprint density at radius 3 is 2.60 bits per heavy atom. The predicted molar refractivity (Wildman–Crippen MR) is 84.8 cm³/mol. The summed E-state index contributed by atoms with van der Waals surface area (Å²) in [6.45, 7) is 3.60. The minimum atomic E-state index is 0.222. The molecule has 1 amide bonds. The van der Waals surface area contributed by atoms with Gasteiger partial charge in [0, 0.05) is 18.0 Å². The molecule has 0 radical (unpaired) electrons. The molecule has 0 atom stereocenters. The molecule has 0 aliphatic heterocycles. The average Bonchev–Trinajstić information content (AvgIpc) is 2.92. The van der Waals surface area contributed by atoms with Gasteiger partial charge in [0.25, 0.3) is 0 Å². The van der Waals surface area contributed by atoms with Gasteiger partial charge in [-0.3, -0.25) is 9.69 Å². The summed E-state index contributed by atoms with van der Waals surface area (Å²) in [5, 5.41) is 2.06. The van der Waals surface area contributed by atoms with Gasteiger partial charge in [-0.1, -0.05) is 13.0 Å². The first-order valence-corrected chi connectivity index (χ1v) is 8.41. The predicted octanol–water partition coefficient (Wildman–Crippen LogP) is 3.22. The van der Waals surface area contributed by atoms with Crippen molar-refractivity contribution in [1.29, 1.82) is 0 Å². The van der Waals surface area contributed by atoms with E-state index in [4.69, 9.17) is 0 Å². The fraction of sp³-hybridized carbons (Fsp3) is 0.688. The first kappa shape index (κ1) is 15.5. The Kier molecular flexibility index (Phi) is 5.61. The van der Waals surface area contributed by atoms with Crippen LogP contribution < -0.4 is 0 Å². The van der Waals surface area contributed by atoms with Gasteiger partial charge in [-0.2, -0.15) is 0 Å². The number of hydrogen-bond acceptors (Lipinski definition) is 3. The highest BCUT2D eigenvalue weighted by Crippen LogP contribution is 2.26. The van der Waals surface area contributed by atoms with Gasteiger partial charge in [0.15, 0.2) is 0 Å². The van der Waals surface area contributed by atoms with Crippen molar-refractivity contribution in [1.82, 2.24) is 9.80 Å². The second kappa shape index (κ2) is 7.23. The van der Waals surface area contributed by atoms with E-state index in [2.05, 4.69) is 30.3 Å². The van der Waals surface area contributed by atoms with Crippen molar-refractivity contribution in [3.63, 3.8) is 0 Å². The Balaban J connectivity index is 1.78. The molecule has 0 unspecified atom stereocenters. The molecule has 1 aromatic rings. The molecular formula is C16H26N2OS. The summed E-state index contributed by atoms with van der Waals surface area (Å²) in [5.74, 6) is 1.08. The Morgan fingerprint density at radius 2 is 2.00 bits per heavy atom. The molecule has 0 saturated heterocycles. The van der Waals surface area contributed by atoms with Crippen molar-refractivity contribution in [2.75, 3.05) is 20.6 Å². The van der Waals surface area contributed by atoms with Gasteiger partial charge in [0.2, 0.25) is 5.91 Å². The fourth-order valence-electron chi connectivity index (χ4n) is 2.87. The van der Waals surface area contributed by atoms with E-state index in [1.807, 2.05) is 18.0 Å². The lowest BCUT2D eigenvalue weighted by atomic mass is 9.87. The average molecular weight is 294 g/mol. The number of hydrogen-bond donors (Lipinski definition) is 0. The van der Waals surface area contributed by atoms with E-state index in [0.29, 0.717) is 12.6 Å². The second-order valence-corrected chi connectivity index (χ2v) is 7.19. The monoisotopic (exact) mass is 294 g/mol. The van der Waals surface area contributed by atoms with E-state index in [9.17, 15) is 4.79 Å². The van der Waals surface area contributed by atoms with Crippen LogP contribution >= 0.6 is 11.3 Å². The molecule has 1 heterocycles. The van der Waals surface area contributed by atoms with E-state index in [-0.39, 0.29) is 5.91 Å². The molecule has 0 bridgehead atoms. The summed E-state index contributed by atoms with van der Waals surface area (Å²) in [4.78, 5) is 17.6. The number of carbonyl (C=O) groups excluding carboxylic acids is 1. The van der Waals surface area contributed by atoms with Crippen molar-refractivity contribution < 1.29 is 4.79 Å². The summed E-state index contributed by atoms with van der Waals surface area (Å²) >= 11 is 1.71. The lowest BCUT2D eigenvalue weighted by Crippen LogP contribution is -2.42. The summed E-state index contributed by atoms with van der Waals surface area (Å²) in [5.41, 5.74) is 0. The zero-order valence-electron chi connectivity index (χ0n) is 12.8. The standard InChI is InChI=1S/C16H26N2OS/c1-13-6-8-14(9-7-13)17(2)12-16(19)18(3)11-15-5-4-10-20-15/h4-5,10,13-14H,6-9,11-12H2,1-3H3. The number of thiophene rings is 1. The van der Waals surface area contributed by atoms with Gasteiger partial charge in [-0.25, -0.2) is 0 Å². The first-order valence-electron chi connectivity index (χ1n) is 7.53. The van der Waals surface area contributed by atoms with E-state index in [0.717, 1.165) is 12.5 Å². The summed E-state index contributed by atoms with van der Waals surface area (Å²) < 4.78 is 0. The molecule has 0 N–H and O–H groups in total. The van der Waals surface area contributed by atoms with Crippen molar-refractivity contribution in [3.8, 4) is 0 Å². The van der Waals surface area contributed by atoms with Crippen molar-refractivity contribution >= 4 is 17.2 Å². The molecule has 20 heavy (non-hydrogen) atoms. The molecule has 1 aliphatic rings. The maximum absolute atomic E-state index is 12.3. The number of rotatable bonds is 5. The zero-order valence-corrected chi connectivity index (χ0v) is 13.7. The number of likely N-dealkylation sites (N-methyl/N-ethyl adjacent to an activating group) is 2. The molecule has 112 valence electrons. The lowest BCUT2D eigenvalue weighted by molar-refractivity contribution is -0.132. The van der Waals surface area contributed by atoms with E-state index in [1.165, 1.54) is 30.6 Å². The van der Waals surface area contributed by atoms with Crippen LogP contribution in [0.2, 0.25) is 0 Å². The van der Waals surface area contributed by atoms with Crippen LogP contribution in [-0.4, -0.2) is 42.4 Å². The Labute approximate surface area is 126 Å². The first-order chi connectivity index (χ1) is 9.56. The lowest BCUT2D eigenvalue weighted by Gasteiger charge is -2.34. The van der Waals surface area contributed by atoms with Gasteiger partial charge < -0.3 is 4.90 Å². The molecule has 1 aromatic heterocycles. The van der Waals surface area contributed by atoms with E-state index < -0.39 is 0 Å². The molecule has 1 aliphatic carbocycles. The normalized spacial score (nSPS) is 23.0. The largest absolute Gasteiger partial charge is 0.340 e. The molecule has 0 aromatic carbocycles. The quantitative estimate of drug-likeness (QED) is 0.832. The molecule has 1 fully saturated rings. The van der Waals surface area contributed by atoms with E-state index >= 15 is 0 Å². The molecular weight excluding hydrogens is 268 g/mol. The maximum atomic E-state index is 12.3. The third-order valence-electron chi connectivity index (χ3n) is 4.39. The Bertz CT molecular complexity index is 410. The van der Waals surface area contributed by atoms with Crippen LogP contribution in [0.4, 0.5) is 0 Å².